The molecule has 104 valence electrons. The van der Waals surface area contributed by atoms with Gasteiger partial charge in [-0.05, 0) is 13.3 Å². The minimum Gasteiger partial charge on any atom is -0.366 e. The highest BCUT2D eigenvalue weighted by atomic mass is 32.1. The quantitative estimate of drug-likeness (QED) is 0.785. The van der Waals surface area contributed by atoms with Crippen LogP contribution in [0.1, 0.15) is 35.1 Å². The first-order chi connectivity index (χ1) is 9.49. The highest BCUT2D eigenvalue weighted by molar-refractivity contribution is 7.17. The van der Waals surface area contributed by atoms with Crippen molar-refractivity contribution in [2.24, 2.45) is 5.73 Å². The van der Waals surface area contributed by atoms with Gasteiger partial charge in [0.05, 0.1) is 11.1 Å². The molecule has 1 atom stereocenters. The maximum atomic E-state index is 12.0. The number of thiophene rings is 1. The summed E-state index contributed by atoms with van der Waals surface area (Å²) in [6.07, 6.45) is 0.663. The van der Waals surface area contributed by atoms with Crippen molar-refractivity contribution < 1.29 is 14.4 Å². The van der Waals surface area contributed by atoms with Crippen LogP contribution in [0.4, 0.5) is 0 Å². The standard InChI is InChI=1S/C12H12N4O3S/c1-5-14-12-9(6(4-20-12)10(13)18)16(5)7-2-3-8(17)15-11(7)19/h4,7H,2-3H2,1H3,(H2,13,18)(H,15,17,19). The van der Waals surface area contributed by atoms with E-state index < -0.39 is 11.9 Å². The Morgan fingerprint density at radius 3 is 2.95 bits per heavy atom. The third kappa shape index (κ3) is 1.80. The van der Waals surface area contributed by atoms with Gasteiger partial charge in [-0.15, -0.1) is 11.3 Å². The number of primary amides is 1. The second-order valence-electron chi connectivity index (χ2n) is 4.66. The summed E-state index contributed by atoms with van der Waals surface area (Å²) in [5, 5.41) is 3.95. The molecule has 8 heteroatoms. The molecular weight excluding hydrogens is 280 g/mol. The van der Waals surface area contributed by atoms with E-state index in [1.54, 1.807) is 16.9 Å². The minimum absolute atomic E-state index is 0.269. The number of nitrogens with two attached hydrogens (primary N) is 1. The van der Waals surface area contributed by atoms with E-state index in [0.717, 1.165) is 0 Å². The lowest BCUT2D eigenvalue weighted by Gasteiger charge is -2.23. The molecule has 1 unspecified atom stereocenters. The SMILES string of the molecule is Cc1nc2scc(C(N)=O)c2n1C1CCC(=O)NC1=O. The van der Waals surface area contributed by atoms with Crippen molar-refractivity contribution in [1.82, 2.24) is 14.9 Å². The molecule has 2 aromatic heterocycles. The number of nitrogens with one attached hydrogen (secondary N) is 1. The molecule has 7 nitrogen and oxygen atoms in total. The fraction of sp³-hybridized carbons (Fsp3) is 0.333. The van der Waals surface area contributed by atoms with Crippen LogP contribution in [-0.4, -0.2) is 27.3 Å². The number of hydrogen-bond acceptors (Lipinski definition) is 5. The molecule has 3 amide bonds. The first-order valence-corrected chi connectivity index (χ1v) is 6.96. The van der Waals surface area contributed by atoms with E-state index in [-0.39, 0.29) is 18.2 Å². The molecule has 0 bridgehead atoms. The molecule has 2 aromatic rings. The highest BCUT2D eigenvalue weighted by Crippen LogP contribution is 2.31. The Morgan fingerprint density at radius 2 is 2.30 bits per heavy atom. The number of amides is 3. The summed E-state index contributed by atoms with van der Waals surface area (Å²) in [7, 11) is 0. The van der Waals surface area contributed by atoms with Crippen molar-refractivity contribution in [3.63, 3.8) is 0 Å². The zero-order chi connectivity index (χ0) is 14.4. The summed E-state index contributed by atoms with van der Waals surface area (Å²) in [6, 6.07) is -0.537. The number of imide groups is 1. The summed E-state index contributed by atoms with van der Waals surface area (Å²) >= 11 is 1.31. The molecule has 1 aliphatic rings. The molecule has 3 heterocycles. The van der Waals surface area contributed by atoms with E-state index >= 15 is 0 Å². The number of nitrogens with zero attached hydrogens (tertiary/aromatic N) is 2. The Morgan fingerprint density at radius 1 is 1.55 bits per heavy atom. The molecular formula is C12H12N4O3S. The highest BCUT2D eigenvalue weighted by Gasteiger charge is 2.31. The van der Waals surface area contributed by atoms with Gasteiger partial charge in [-0.2, -0.15) is 0 Å². The maximum Gasteiger partial charge on any atom is 0.251 e. The van der Waals surface area contributed by atoms with Gasteiger partial charge in [-0.25, -0.2) is 4.98 Å². The Hall–Kier alpha value is -2.22. The third-order valence-electron chi connectivity index (χ3n) is 3.39. The Labute approximate surface area is 117 Å². The van der Waals surface area contributed by atoms with Gasteiger partial charge in [-0.1, -0.05) is 0 Å². The predicted molar refractivity (Wildman–Crippen MR) is 72.3 cm³/mol. The minimum atomic E-state index is -0.551. The number of rotatable bonds is 2. The van der Waals surface area contributed by atoms with E-state index in [4.69, 9.17) is 5.73 Å². The van der Waals surface area contributed by atoms with Gasteiger partial charge in [0.25, 0.3) is 5.91 Å². The predicted octanol–water partition coefficient (Wildman–Crippen LogP) is 0.483. The van der Waals surface area contributed by atoms with Crippen LogP contribution in [-0.2, 0) is 9.59 Å². The van der Waals surface area contributed by atoms with Crippen LogP contribution in [0, 0.1) is 6.92 Å². The molecule has 0 saturated carbocycles. The van der Waals surface area contributed by atoms with Crippen LogP contribution in [0.25, 0.3) is 10.3 Å². The Bertz CT molecular complexity index is 745. The van der Waals surface area contributed by atoms with E-state index in [2.05, 4.69) is 10.3 Å². The summed E-state index contributed by atoms with van der Waals surface area (Å²) in [5.41, 5.74) is 6.30. The Kier molecular flexibility index (Phi) is 2.82. The average molecular weight is 292 g/mol. The van der Waals surface area contributed by atoms with E-state index in [1.807, 2.05) is 0 Å². The largest absolute Gasteiger partial charge is 0.366 e. The maximum absolute atomic E-state index is 12.0. The topological polar surface area (TPSA) is 107 Å². The van der Waals surface area contributed by atoms with Gasteiger partial charge in [0, 0.05) is 11.8 Å². The first kappa shape index (κ1) is 12.8. The van der Waals surface area contributed by atoms with Crippen LogP contribution in [0.15, 0.2) is 5.38 Å². The summed E-state index contributed by atoms with van der Waals surface area (Å²) in [5.74, 6) is -0.570. The lowest BCUT2D eigenvalue weighted by Crippen LogP contribution is -2.42. The molecule has 3 rings (SSSR count). The molecule has 3 N–H and O–H groups in total. The van der Waals surface area contributed by atoms with Gasteiger partial charge in [0.1, 0.15) is 16.7 Å². The second kappa shape index (κ2) is 4.41. The van der Waals surface area contributed by atoms with Crippen molar-refractivity contribution in [3.8, 4) is 0 Å². The number of fused-ring (bicyclic) bond motifs is 1. The zero-order valence-corrected chi connectivity index (χ0v) is 11.5. The number of piperidine rings is 1. The van der Waals surface area contributed by atoms with Gasteiger partial charge >= 0.3 is 0 Å². The molecule has 1 saturated heterocycles. The van der Waals surface area contributed by atoms with Gasteiger partial charge in [0.15, 0.2) is 0 Å². The van der Waals surface area contributed by atoms with Gasteiger partial charge < -0.3 is 10.3 Å². The molecule has 0 spiro atoms. The lowest BCUT2D eigenvalue weighted by atomic mass is 10.1. The molecule has 20 heavy (non-hydrogen) atoms. The number of aryl methyl sites for hydroxylation is 1. The van der Waals surface area contributed by atoms with Crippen LogP contribution in [0.3, 0.4) is 0 Å². The van der Waals surface area contributed by atoms with Crippen molar-refractivity contribution in [2.45, 2.75) is 25.8 Å². The number of imidazole rings is 1. The first-order valence-electron chi connectivity index (χ1n) is 6.08. The lowest BCUT2D eigenvalue weighted by molar-refractivity contribution is -0.135. The average Bonchev–Trinajstić information content (AvgIpc) is 2.88. The van der Waals surface area contributed by atoms with E-state index in [0.29, 0.717) is 28.2 Å². The molecule has 0 radical (unpaired) electrons. The van der Waals surface area contributed by atoms with E-state index in [9.17, 15) is 14.4 Å². The summed E-state index contributed by atoms with van der Waals surface area (Å²) in [6.45, 7) is 1.77. The van der Waals surface area contributed by atoms with Crippen molar-refractivity contribution in [2.75, 3.05) is 0 Å². The van der Waals surface area contributed by atoms with Crippen LogP contribution < -0.4 is 11.1 Å². The monoisotopic (exact) mass is 292 g/mol. The van der Waals surface area contributed by atoms with Crippen LogP contribution in [0.2, 0.25) is 0 Å². The van der Waals surface area contributed by atoms with Crippen LogP contribution in [0.5, 0.6) is 0 Å². The smallest absolute Gasteiger partial charge is 0.251 e. The molecule has 0 aliphatic carbocycles. The number of carbonyl (C=O) groups excluding carboxylic acids is 3. The summed E-state index contributed by atoms with van der Waals surface area (Å²) < 4.78 is 1.70. The van der Waals surface area contributed by atoms with Crippen molar-refractivity contribution in [3.05, 3.63) is 16.8 Å². The fourth-order valence-corrected chi connectivity index (χ4v) is 3.46. The van der Waals surface area contributed by atoms with Gasteiger partial charge in [0.2, 0.25) is 11.8 Å². The van der Waals surface area contributed by atoms with Crippen molar-refractivity contribution >= 4 is 39.4 Å². The normalized spacial score (nSPS) is 19.4. The van der Waals surface area contributed by atoms with Crippen LogP contribution >= 0.6 is 11.3 Å². The number of carbonyl (C=O) groups is 3. The summed E-state index contributed by atoms with van der Waals surface area (Å²) in [4.78, 5) is 39.8. The second-order valence-corrected chi connectivity index (χ2v) is 5.52. The third-order valence-corrected chi connectivity index (χ3v) is 4.25. The number of hydrogen-bond donors (Lipinski definition) is 2. The Balaban J connectivity index is 2.17. The van der Waals surface area contributed by atoms with E-state index in [1.165, 1.54) is 11.3 Å². The molecule has 0 aromatic carbocycles. The van der Waals surface area contributed by atoms with Gasteiger partial charge in [-0.3, -0.25) is 19.7 Å². The zero-order valence-electron chi connectivity index (χ0n) is 10.7. The fourth-order valence-electron chi connectivity index (χ4n) is 2.50. The molecule has 1 fully saturated rings. The number of aromatic nitrogens is 2. The molecule has 1 aliphatic heterocycles. The van der Waals surface area contributed by atoms with Crippen molar-refractivity contribution in [1.29, 1.82) is 0 Å².